The van der Waals surface area contributed by atoms with Gasteiger partial charge in [-0.25, -0.2) is 0 Å². The number of fused-ring (bicyclic) bond motifs is 1. The van der Waals surface area contributed by atoms with E-state index >= 15 is 0 Å². The monoisotopic (exact) mass is 394 g/mol. The van der Waals surface area contributed by atoms with Crippen LogP contribution in [0.25, 0.3) is 0 Å². The van der Waals surface area contributed by atoms with Crippen molar-refractivity contribution in [3.05, 3.63) is 52.0 Å². The fourth-order valence-electron chi connectivity index (χ4n) is 2.37. The van der Waals surface area contributed by atoms with Crippen molar-refractivity contribution in [2.75, 3.05) is 25.1 Å². The Balaban J connectivity index is 1.48. The minimum absolute atomic E-state index is 0.126. The Morgan fingerprint density at radius 3 is 2.50 bits per heavy atom. The summed E-state index contributed by atoms with van der Waals surface area (Å²) in [6, 6.07) is 9.79. The van der Waals surface area contributed by atoms with Gasteiger partial charge in [-0.2, -0.15) is 0 Å². The van der Waals surface area contributed by atoms with E-state index in [4.69, 9.17) is 32.7 Å². The van der Waals surface area contributed by atoms with Gasteiger partial charge in [0.25, 0.3) is 5.91 Å². The maximum absolute atomic E-state index is 12.0. The molecule has 0 saturated carbocycles. The maximum Gasteiger partial charge on any atom is 0.251 e. The van der Waals surface area contributed by atoms with E-state index in [1.165, 1.54) is 6.07 Å². The molecule has 136 valence electrons. The van der Waals surface area contributed by atoms with Crippen molar-refractivity contribution in [1.82, 2.24) is 5.32 Å². The number of ether oxygens (including phenoxy) is 2. The van der Waals surface area contributed by atoms with Crippen molar-refractivity contribution in [2.24, 2.45) is 0 Å². The van der Waals surface area contributed by atoms with Crippen LogP contribution in [0.4, 0.5) is 5.69 Å². The van der Waals surface area contributed by atoms with Gasteiger partial charge in [-0.15, -0.1) is 0 Å². The molecule has 1 aliphatic rings. The summed E-state index contributed by atoms with van der Waals surface area (Å²) in [7, 11) is 0. The Bertz CT molecular complexity index is 842. The van der Waals surface area contributed by atoms with E-state index in [1.54, 1.807) is 30.3 Å². The zero-order valence-electron chi connectivity index (χ0n) is 13.7. The number of anilines is 1. The topological polar surface area (TPSA) is 76.7 Å². The average Bonchev–Trinajstić information content (AvgIpc) is 2.63. The molecule has 0 bridgehead atoms. The van der Waals surface area contributed by atoms with Crippen LogP contribution >= 0.6 is 23.2 Å². The Morgan fingerprint density at radius 1 is 0.962 bits per heavy atom. The molecular formula is C18H16Cl2N2O4. The molecular weight excluding hydrogens is 379 g/mol. The zero-order valence-corrected chi connectivity index (χ0v) is 15.2. The lowest BCUT2D eigenvalue weighted by atomic mass is 10.2. The van der Waals surface area contributed by atoms with E-state index < -0.39 is 0 Å². The quantitative estimate of drug-likeness (QED) is 0.812. The van der Waals surface area contributed by atoms with Crippen LogP contribution in [0.2, 0.25) is 10.0 Å². The summed E-state index contributed by atoms with van der Waals surface area (Å²) in [4.78, 5) is 24.1. The first kappa shape index (κ1) is 18.4. The predicted octanol–water partition coefficient (Wildman–Crippen LogP) is 3.52. The standard InChI is InChI=1S/C18H16Cl2N2O4/c19-13-3-1-11(9-14(13)20)18(24)21-6-5-17(23)22-12-2-4-15-16(10-12)26-8-7-25-15/h1-4,9-10H,5-8H2,(H,21,24)(H,22,23). The van der Waals surface area contributed by atoms with Crippen molar-refractivity contribution in [1.29, 1.82) is 0 Å². The highest BCUT2D eigenvalue weighted by molar-refractivity contribution is 6.42. The number of rotatable bonds is 5. The van der Waals surface area contributed by atoms with Gasteiger partial charge < -0.3 is 20.1 Å². The van der Waals surface area contributed by atoms with Crippen LogP contribution in [0.5, 0.6) is 11.5 Å². The molecule has 0 spiro atoms. The zero-order chi connectivity index (χ0) is 18.5. The highest BCUT2D eigenvalue weighted by atomic mass is 35.5. The first-order valence-electron chi connectivity index (χ1n) is 7.95. The first-order valence-corrected chi connectivity index (χ1v) is 8.71. The fourth-order valence-corrected chi connectivity index (χ4v) is 2.67. The Morgan fingerprint density at radius 2 is 1.73 bits per heavy atom. The third kappa shape index (κ3) is 4.59. The summed E-state index contributed by atoms with van der Waals surface area (Å²) in [5.41, 5.74) is 0.988. The van der Waals surface area contributed by atoms with Crippen LogP contribution in [-0.4, -0.2) is 31.6 Å². The van der Waals surface area contributed by atoms with E-state index in [0.717, 1.165) is 0 Å². The highest BCUT2D eigenvalue weighted by Gasteiger charge is 2.13. The van der Waals surface area contributed by atoms with Crippen LogP contribution in [0.3, 0.4) is 0 Å². The largest absolute Gasteiger partial charge is 0.486 e. The lowest BCUT2D eigenvalue weighted by molar-refractivity contribution is -0.116. The predicted molar refractivity (Wildman–Crippen MR) is 99.5 cm³/mol. The molecule has 2 aromatic carbocycles. The number of halogens is 2. The molecule has 0 fully saturated rings. The Labute approximate surface area is 160 Å². The molecule has 1 heterocycles. The summed E-state index contributed by atoms with van der Waals surface area (Å²) >= 11 is 11.7. The number of hydrogen-bond donors (Lipinski definition) is 2. The second-order valence-corrected chi connectivity index (χ2v) is 6.36. The lowest BCUT2D eigenvalue weighted by Gasteiger charge is -2.19. The van der Waals surface area contributed by atoms with Crippen LogP contribution in [0.15, 0.2) is 36.4 Å². The summed E-state index contributed by atoms with van der Waals surface area (Å²) < 4.78 is 10.9. The molecule has 6 nitrogen and oxygen atoms in total. The smallest absolute Gasteiger partial charge is 0.251 e. The number of carbonyl (C=O) groups is 2. The molecule has 0 atom stereocenters. The molecule has 2 amide bonds. The van der Waals surface area contributed by atoms with Gasteiger partial charge in [-0.1, -0.05) is 23.2 Å². The van der Waals surface area contributed by atoms with E-state index in [1.807, 2.05) is 0 Å². The fraction of sp³-hybridized carbons (Fsp3) is 0.222. The second-order valence-electron chi connectivity index (χ2n) is 5.54. The highest BCUT2D eigenvalue weighted by Crippen LogP contribution is 2.32. The number of carbonyl (C=O) groups excluding carboxylic acids is 2. The average molecular weight is 395 g/mol. The molecule has 0 saturated heterocycles. The molecule has 3 rings (SSSR count). The van der Waals surface area contributed by atoms with Crippen molar-refractivity contribution in [2.45, 2.75) is 6.42 Å². The van der Waals surface area contributed by atoms with Crippen LogP contribution in [0, 0.1) is 0 Å². The number of benzene rings is 2. The van der Waals surface area contributed by atoms with E-state index in [-0.39, 0.29) is 24.8 Å². The SMILES string of the molecule is O=C(CCNC(=O)c1ccc(Cl)c(Cl)c1)Nc1ccc2c(c1)OCCO2. The van der Waals surface area contributed by atoms with Crippen LogP contribution in [-0.2, 0) is 4.79 Å². The number of nitrogens with one attached hydrogen (secondary N) is 2. The number of hydrogen-bond acceptors (Lipinski definition) is 4. The normalized spacial score (nSPS) is 12.4. The van der Waals surface area contributed by atoms with Gasteiger partial charge in [-0.05, 0) is 30.3 Å². The molecule has 8 heteroatoms. The van der Waals surface area contributed by atoms with Crippen molar-refractivity contribution in [3.63, 3.8) is 0 Å². The second kappa shape index (κ2) is 8.29. The van der Waals surface area contributed by atoms with Gasteiger partial charge in [0.1, 0.15) is 13.2 Å². The third-order valence-corrected chi connectivity index (χ3v) is 4.38. The minimum atomic E-state index is -0.323. The molecule has 0 aliphatic carbocycles. The number of amides is 2. The molecule has 0 radical (unpaired) electrons. The third-order valence-electron chi connectivity index (χ3n) is 3.65. The summed E-state index contributed by atoms with van der Waals surface area (Å²) in [5.74, 6) is 0.705. The van der Waals surface area contributed by atoms with E-state index in [2.05, 4.69) is 10.6 Å². The van der Waals surface area contributed by atoms with Crippen molar-refractivity contribution >= 4 is 40.7 Å². The molecule has 2 N–H and O–H groups in total. The Hall–Kier alpha value is -2.44. The van der Waals surface area contributed by atoms with Crippen molar-refractivity contribution < 1.29 is 19.1 Å². The molecule has 26 heavy (non-hydrogen) atoms. The van der Waals surface area contributed by atoms with Gasteiger partial charge in [0.15, 0.2) is 11.5 Å². The van der Waals surface area contributed by atoms with Gasteiger partial charge in [-0.3, -0.25) is 9.59 Å². The summed E-state index contributed by atoms with van der Waals surface area (Å²) in [6.07, 6.45) is 0.126. The molecule has 0 aromatic heterocycles. The van der Waals surface area contributed by atoms with Crippen LogP contribution < -0.4 is 20.1 Å². The van der Waals surface area contributed by atoms with Gasteiger partial charge >= 0.3 is 0 Å². The van der Waals surface area contributed by atoms with Crippen molar-refractivity contribution in [3.8, 4) is 11.5 Å². The minimum Gasteiger partial charge on any atom is -0.486 e. The Kier molecular flexibility index (Phi) is 5.85. The summed E-state index contributed by atoms with van der Waals surface area (Å²) in [5, 5.41) is 6.10. The summed E-state index contributed by atoms with van der Waals surface area (Å²) in [6.45, 7) is 1.18. The molecule has 1 aliphatic heterocycles. The molecule has 0 unspecified atom stereocenters. The lowest BCUT2D eigenvalue weighted by Crippen LogP contribution is -2.27. The maximum atomic E-state index is 12.0. The van der Waals surface area contributed by atoms with Gasteiger partial charge in [0.05, 0.1) is 10.0 Å². The van der Waals surface area contributed by atoms with Gasteiger partial charge in [0, 0.05) is 30.3 Å². The van der Waals surface area contributed by atoms with E-state index in [0.29, 0.717) is 46.0 Å². The van der Waals surface area contributed by atoms with E-state index in [9.17, 15) is 9.59 Å². The first-order chi connectivity index (χ1) is 12.5. The molecule has 2 aromatic rings. The van der Waals surface area contributed by atoms with Crippen LogP contribution in [0.1, 0.15) is 16.8 Å². The van der Waals surface area contributed by atoms with Gasteiger partial charge in [0.2, 0.25) is 5.91 Å².